The van der Waals surface area contributed by atoms with Crippen LogP contribution < -0.4 is 10.9 Å². The van der Waals surface area contributed by atoms with Gasteiger partial charge in [-0.3, -0.25) is 4.79 Å². The third kappa shape index (κ3) is 3.95. The summed E-state index contributed by atoms with van der Waals surface area (Å²) in [4.78, 5) is 12.7. The molecule has 0 fully saturated rings. The zero-order valence-corrected chi connectivity index (χ0v) is 12.2. The van der Waals surface area contributed by atoms with Crippen LogP contribution in [0, 0.1) is 6.92 Å². The molecule has 0 bridgehead atoms. The van der Waals surface area contributed by atoms with Crippen molar-refractivity contribution in [2.75, 3.05) is 6.54 Å². The number of aromatic nitrogens is 1. The summed E-state index contributed by atoms with van der Waals surface area (Å²) in [5.41, 5.74) is -0.400. The molecule has 0 atom stereocenters. The molecule has 114 valence electrons. The molecule has 0 radical (unpaired) electrons. The van der Waals surface area contributed by atoms with Crippen LogP contribution in [0.4, 0.5) is 13.2 Å². The molecule has 0 aliphatic rings. The van der Waals surface area contributed by atoms with Crippen LogP contribution in [0.5, 0.6) is 0 Å². The second-order valence-corrected chi connectivity index (χ2v) is 5.60. The van der Waals surface area contributed by atoms with Crippen LogP contribution in [-0.2, 0) is 19.3 Å². The molecule has 7 heteroatoms. The smallest absolute Gasteiger partial charge is 0.310 e. The Morgan fingerprint density at radius 1 is 1.29 bits per heavy atom. The van der Waals surface area contributed by atoms with E-state index >= 15 is 0 Å². The van der Waals surface area contributed by atoms with Gasteiger partial charge < -0.3 is 9.88 Å². The summed E-state index contributed by atoms with van der Waals surface area (Å²) in [6.07, 6.45) is -4.52. The van der Waals surface area contributed by atoms with Crippen molar-refractivity contribution in [1.82, 2.24) is 9.88 Å². The van der Waals surface area contributed by atoms with Crippen molar-refractivity contribution in [2.24, 2.45) is 0 Å². The molecule has 0 aromatic carbocycles. The summed E-state index contributed by atoms with van der Waals surface area (Å²) < 4.78 is 39.3. The fourth-order valence-corrected chi connectivity index (χ4v) is 2.85. The van der Waals surface area contributed by atoms with Gasteiger partial charge in [-0.15, -0.1) is 11.3 Å². The van der Waals surface area contributed by atoms with Gasteiger partial charge in [0.05, 0.1) is 0 Å². The van der Waals surface area contributed by atoms with E-state index in [9.17, 15) is 18.0 Å². The van der Waals surface area contributed by atoms with Crippen molar-refractivity contribution < 1.29 is 13.2 Å². The number of aryl methyl sites for hydroxylation is 1. The van der Waals surface area contributed by atoms with Gasteiger partial charge >= 0.3 is 6.18 Å². The number of nitrogens with one attached hydrogen (secondary N) is 1. The second-order valence-electron chi connectivity index (χ2n) is 4.60. The Hall–Kier alpha value is -1.60. The molecule has 2 rings (SSSR count). The number of pyridine rings is 1. The van der Waals surface area contributed by atoms with Gasteiger partial charge in [0.1, 0.15) is 5.69 Å². The van der Waals surface area contributed by atoms with E-state index in [0.717, 1.165) is 33.2 Å². The minimum absolute atomic E-state index is 0.0149. The molecule has 2 aromatic heterocycles. The Bertz CT molecular complexity index is 661. The van der Waals surface area contributed by atoms with Gasteiger partial charge in [-0.05, 0) is 30.0 Å². The van der Waals surface area contributed by atoms with Crippen LogP contribution in [0.15, 0.2) is 34.4 Å². The van der Waals surface area contributed by atoms with E-state index < -0.39 is 17.4 Å². The number of hydrogen-bond donors (Lipinski definition) is 1. The predicted molar refractivity (Wildman–Crippen MR) is 76.5 cm³/mol. The fraction of sp³-hybridized carbons (Fsp3) is 0.357. The third-order valence-electron chi connectivity index (χ3n) is 3.11. The summed E-state index contributed by atoms with van der Waals surface area (Å²) in [5.74, 6) is 0. The number of hydrogen-bond acceptors (Lipinski definition) is 3. The number of thiophene rings is 1. The molecule has 0 amide bonds. The standard InChI is InChI=1S/C14H15F3N2OS/c1-10-5-8-21-11(10)9-18-6-7-19-12(14(15,16)17)3-2-4-13(19)20/h2-5,8,18H,6-7,9H2,1H3. The average Bonchev–Trinajstić information content (AvgIpc) is 2.80. The van der Waals surface area contributed by atoms with Crippen molar-refractivity contribution >= 4 is 11.3 Å². The lowest BCUT2D eigenvalue weighted by molar-refractivity contribution is -0.144. The predicted octanol–water partition coefficient (Wildman–Crippen LogP) is 3.03. The van der Waals surface area contributed by atoms with Crippen LogP contribution >= 0.6 is 11.3 Å². The normalized spacial score (nSPS) is 11.8. The SMILES string of the molecule is Cc1ccsc1CNCCn1c(C(F)(F)F)cccc1=O. The fourth-order valence-electron chi connectivity index (χ4n) is 1.98. The molecule has 1 N–H and O–H groups in total. The van der Waals surface area contributed by atoms with Gasteiger partial charge in [0.15, 0.2) is 0 Å². The van der Waals surface area contributed by atoms with Crippen LogP contribution in [-0.4, -0.2) is 11.1 Å². The van der Waals surface area contributed by atoms with Crippen molar-refractivity contribution in [1.29, 1.82) is 0 Å². The summed E-state index contributed by atoms with van der Waals surface area (Å²) in [7, 11) is 0. The minimum Gasteiger partial charge on any atom is -0.310 e. The minimum atomic E-state index is -4.52. The first-order valence-electron chi connectivity index (χ1n) is 6.40. The summed E-state index contributed by atoms with van der Waals surface area (Å²) >= 11 is 1.60. The largest absolute Gasteiger partial charge is 0.431 e. The summed E-state index contributed by atoms with van der Waals surface area (Å²) in [5, 5.41) is 5.03. The highest BCUT2D eigenvalue weighted by atomic mass is 32.1. The summed E-state index contributed by atoms with van der Waals surface area (Å²) in [6, 6.07) is 5.18. The third-order valence-corrected chi connectivity index (χ3v) is 4.13. The Kier molecular flexibility index (Phi) is 4.84. The highest BCUT2D eigenvalue weighted by Gasteiger charge is 2.33. The van der Waals surface area contributed by atoms with Gasteiger partial charge in [0.2, 0.25) is 0 Å². The van der Waals surface area contributed by atoms with E-state index in [-0.39, 0.29) is 6.54 Å². The van der Waals surface area contributed by atoms with Crippen LogP contribution in [0.2, 0.25) is 0 Å². The number of halogens is 3. The molecule has 0 saturated carbocycles. The molecule has 0 aliphatic heterocycles. The van der Waals surface area contributed by atoms with Crippen LogP contribution in [0.3, 0.4) is 0 Å². The quantitative estimate of drug-likeness (QED) is 0.860. The van der Waals surface area contributed by atoms with E-state index in [1.165, 1.54) is 0 Å². The molecule has 2 heterocycles. The number of rotatable bonds is 5. The average molecular weight is 316 g/mol. The highest BCUT2D eigenvalue weighted by molar-refractivity contribution is 7.10. The van der Waals surface area contributed by atoms with Gasteiger partial charge in [-0.2, -0.15) is 13.2 Å². The number of nitrogens with zero attached hydrogens (tertiary/aromatic N) is 1. The molecule has 0 aliphatic carbocycles. The van der Waals surface area contributed by atoms with E-state index in [1.54, 1.807) is 11.3 Å². The summed E-state index contributed by atoms with van der Waals surface area (Å²) in [6.45, 7) is 2.85. The molecule has 21 heavy (non-hydrogen) atoms. The van der Waals surface area contributed by atoms with Crippen molar-refractivity contribution in [3.63, 3.8) is 0 Å². The van der Waals surface area contributed by atoms with Gasteiger partial charge in [-0.25, -0.2) is 0 Å². The van der Waals surface area contributed by atoms with Crippen molar-refractivity contribution in [2.45, 2.75) is 26.2 Å². The lowest BCUT2D eigenvalue weighted by atomic mass is 10.3. The Balaban J connectivity index is 2.00. The first-order chi connectivity index (χ1) is 9.89. The maximum absolute atomic E-state index is 12.8. The molecular weight excluding hydrogens is 301 g/mol. The van der Waals surface area contributed by atoms with Gasteiger partial charge in [-0.1, -0.05) is 6.07 Å². The Labute approximate surface area is 124 Å². The van der Waals surface area contributed by atoms with E-state index in [0.29, 0.717) is 13.1 Å². The Morgan fingerprint density at radius 3 is 2.67 bits per heavy atom. The highest BCUT2D eigenvalue weighted by Crippen LogP contribution is 2.27. The number of alkyl halides is 3. The van der Waals surface area contributed by atoms with Crippen LogP contribution in [0.25, 0.3) is 0 Å². The van der Waals surface area contributed by atoms with Gasteiger partial charge in [0, 0.05) is 30.6 Å². The van der Waals surface area contributed by atoms with Crippen molar-refractivity contribution in [3.8, 4) is 0 Å². The van der Waals surface area contributed by atoms with Crippen LogP contribution in [0.1, 0.15) is 16.1 Å². The topological polar surface area (TPSA) is 34.0 Å². The maximum Gasteiger partial charge on any atom is 0.431 e. The Morgan fingerprint density at radius 2 is 2.05 bits per heavy atom. The molecule has 0 spiro atoms. The van der Waals surface area contributed by atoms with Gasteiger partial charge in [0.25, 0.3) is 5.56 Å². The first-order valence-corrected chi connectivity index (χ1v) is 7.28. The zero-order valence-electron chi connectivity index (χ0n) is 11.4. The van der Waals surface area contributed by atoms with E-state index in [2.05, 4.69) is 5.32 Å². The first kappa shape index (κ1) is 15.8. The monoisotopic (exact) mass is 316 g/mol. The molecule has 0 saturated heterocycles. The molecular formula is C14H15F3N2OS. The van der Waals surface area contributed by atoms with E-state index in [1.807, 2.05) is 18.4 Å². The zero-order chi connectivity index (χ0) is 15.5. The maximum atomic E-state index is 12.8. The molecule has 3 nitrogen and oxygen atoms in total. The lowest BCUT2D eigenvalue weighted by Gasteiger charge is -2.15. The molecule has 2 aromatic rings. The lowest BCUT2D eigenvalue weighted by Crippen LogP contribution is -2.31. The van der Waals surface area contributed by atoms with E-state index in [4.69, 9.17) is 0 Å². The second kappa shape index (κ2) is 6.44. The van der Waals surface area contributed by atoms with Crippen molar-refractivity contribution in [3.05, 3.63) is 56.1 Å². The molecule has 0 unspecified atom stereocenters.